The molecule has 22 heavy (non-hydrogen) atoms. The zero-order valence-electron chi connectivity index (χ0n) is 13.0. The molecule has 0 radical (unpaired) electrons. The Kier molecular flexibility index (Phi) is 4.24. The van der Waals surface area contributed by atoms with E-state index in [0.717, 1.165) is 21.8 Å². The van der Waals surface area contributed by atoms with Crippen molar-refractivity contribution in [2.75, 3.05) is 18.5 Å². The van der Waals surface area contributed by atoms with Crippen LogP contribution in [0.5, 0.6) is 5.75 Å². The molecule has 3 rings (SSSR count). The van der Waals surface area contributed by atoms with Gasteiger partial charge in [-0.25, -0.2) is 9.97 Å². The smallest absolute Gasteiger partial charge is 0.138 e. The average molecular weight is 313 g/mol. The summed E-state index contributed by atoms with van der Waals surface area (Å²) >= 11 is 1.71. The zero-order valence-corrected chi connectivity index (χ0v) is 13.8. The molecule has 0 spiro atoms. The fraction of sp³-hybridized carbons (Fsp3) is 0.294. The highest BCUT2D eigenvalue weighted by Crippen LogP contribution is 2.32. The van der Waals surface area contributed by atoms with Gasteiger partial charge in [0.2, 0.25) is 0 Å². The summed E-state index contributed by atoms with van der Waals surface area (Å²) in [7, 11) is 0. The van der Waals surface area contributed by atoms with Gasteiger partial charge in [0.25, 0.3) is 0 Å². The number of anilines is 1. The number of aryl methyl sites for hydroxylation is 3. The van der Waals surface area contributed by atoms with Crippen molar-refractivity contribution < 1.29 is 4.74 Å². The standard InChI is InChI=1S/C17H19N3OS/c1-11-5-4-6-14(9-11)21-8-7-18-16-15-12(2)13(3)22-17(15)20-10-19-16/h4-6,9-10H,7-8H2,1-3H3,(H,18,19,20). The molecule has 0 aliphatic carbocycles. The molecule has 5 heteroatoms. The van der Waals surface area contributed by atoms with Crippen LogP contribution in [0.4, 0.5) is 5.82 Å². The molecule has 0 aliphatic rings. The van der Waals surface area contributed by atoms with Crippen molar-refractivity contribution in [1.29, 1.82) is 0 Å². The van der Waals surface area contributed by atoms with Gasteiger partial charge in [-0.2, -0.15) is 0 Å². The summed E-state index contributed by atoms with van der Waals surface area (Å²) in [6.07, 6.45) is 1.61. The molecule has 0 saturated carbocycles. The number of fused-ring (bicyclic) bond motifs is 1. The predicted octanol–water partition coefficient (Wildman–Crippen LogP) is 4.11. The first-order valence-electron chi connectivity index (χ1n) is 7.29. The minimum Gasteiger partial charge on any atom is -0.492 e. The van der Waals surface area contributed by atoms with Gasteiger partial charge in [-0.1, -0.05) is 12.1 Å². The van der Waals surface area contributed by atoms with Crippen LogP contribution in [0.2, 0.25) is 0 Å². The summed E-state index contributed by atoms with van der Waals surface area (Å²) in [6, 6.07) is 8.07. The van der Waals surface area contributed by atoms with E-state index in [1.54, 1.807) is 17.7 Å². The second-order valence-corrected chi connectivity index (χ2v) is 6.48. The molecule has 0 amide bonds. The third-order valence-electron chi connectivity index (χ3n) is 3.62. The monoisotopic (exact) mass is 313 g/mol. The van der Waals surface area contributed by atoms with Gasteiger partial charge in [0, 0.05) is 4.88 Å². The molecule has 2 aromatic heterocycles. The molecule has 4 nitrogen and oxygen atoms in total. The Morgan fingerprint density at radius 2 is 2.05 bits per heavy atom. The highest BCUT2D eigenvalue weighted by atomic mass is 32.1. The van der Waals surface area contributed by atoms with E-state index in [1.807, 2.05) is 18.2 Å². The number of rotatable bonds is 5. The topological polar surface area (TPSA) is 47.0 Å². The van der Waals surface area contributed by atoms with Crippen molar-refractivity contribution in [2.24, 2.45) is 0 Å². The van der Waals surface area contributed by atoms with Crippen molar-refractivity contribution in [3.05, 3.63) is 46.6 Å². The Hall–Kier alpha value is -2.14. The first-order valence-corrected chi connectivity index (χ1v) is 8.11. The lowest BCUT2D eigenvalue weighted by atomic mass is 10.2. The van der Waals surface area contributed by atoms with Crippen molar-refractivity contribution in [3.8, 4) is 5.75 Å². The molecule has 0 atom stereocenters. The fourth-order valence-electron chi connectivity index (χ4n) is 2.36. The minimum absolute atomic E-state index is 0.594. The zero-order chi connectivity index (χ0) is 15.5. The maximum absolute atomic E-state index is 5.75. The van der Waals surface area contributed by atoms with Gasteiger partial charge in [0.1, 0.15) is 29.3 Å². The van der Waals surface area contributed by atoms with Crippen LogP contribution in [0.25, 0.3) is 10.2 Å². The molecular weight excluding hydrogens is 294 g/mol. The molecular formula is C17H19N3OS. The lowest BCUT2D eigenvalue weighted by molar-refractivity contribution is 0.332. The average Bonchev–Trinajstić information content (AvgIpc) is 2.79. The van der Waals surface area contributed by atoms with Gasteiger partial charge in [-0.05, 0) is 44.0 Å². The Morgan fingerprint density at radius 3 is 2.86 bits per heavy atom. The number of thiophene rings is 1. The second kappa shape index (κ2) is 6.32. The number of hydrogen-bond donors (Lipinski definition) is 1. The molecule has 114 valence electrons. The Balaban J connectivity index is 1.65. The van der Waals surface area contributed by atoms with Crippen molar-refractivity contribution in [1.82, 2.24) is 9.97 Å². The third kappa shape index (κ3) is 3.04. The predicted molar refractivity (Wildman–Crippen MR) is 92.1 cm³/mol. The molecule has 0 aliphatic heterocycles. The quantitative estimate of drug-likeness (QED) is 0.720. The third-order valence-corrected chi connectivity index (χ3v) is 4.73. The van der Waals surface area contributed by atoms with Crippen LogP contribution >= 0.6 is 11.3 Å². The van der Waals surface area contributed by atoms with E-state index in [0.29, 0.717) is 13.2 Å². The van der Waals surface area contributed by atoms with E-state index in [4.69, 9.17) is 4.74 Å². The number of nitrogens with zero attached hydrogens (tertiary/aromatic N) is 2. The van der Waals surface area contributed by atoms with Gasteiger partial charge >= 0.3 is 0 Å². The molecule has 2 heterocycles. The van der Waals surface area contributed by atoms with Gasteiger partial charge in [-0.15, -0.1) is 11.3 Å². The lowest BCUT2D eigenvalue weighted by Crippen LogP contribution is -2.12. The van der Waals surface area contributed by atoms with E-state index in [2.05, 4.69) is 42.1 Å². The summed E-state index contributed by atoms with van der Waals surface area (Å²) in [6.45, 7) is 7.59. The van der Waals surface area contributed by atoms with Gasteiger partial charge < -0.3 is 10.1 Å². The first kappa shape index (κ1) is 14.8. The van der Waals surface area contributed by atoms with Crippen LogP contribution in [-0.2, 0) is 0 Å². The van der Waals surface area contributed by atoms with E-state index in [9.17, 15) is 0 Å². The number of benzene rings is 1. The summed E-state index contributed by atoms with van der Waals surface area (Å²) in [5.41, 5.74) is 2.45. The largest absolute Gasteiger partial charge is 0.492 e. The molecule has 0 saturated heterocycles. The van der Waals surface area contributed by atoms with Crippen LogP contribution in [0.15, 0.2) is 30.6 Å². The van der Waals surface area contributed by atoms with E-state index >= 15 is 0 Å². The highest BCUT2D eigenvalue weighted by molar-refractivity contribution is 7.18. The molecule has 0 bridgehead atoms. The molecule has 1 N–H and O–H groups in total. The Labute approximate surface area is 134 Å². The number of nitrogens with one attached hydrogen (secondary N) is 1. The molecule has 1 aromatic carbocycles. The van der Waals surface area contributed by atoms with Gasteiger partial charge in [-0.3, -0.25) is 0 Å². The van der Waals surface area contributed by atoms with Gasteiger partial charge in [0.05, 0.1) is 11.9 Å². The molecule has 0 unspecified atom stereocenters. The minimum atomic E-state index is 0.594. The number of hydrogen-bond acceptors (Lipinski definition) is 5. The van der Waals surface area contributed by atoms with Crippen LogP contribution < -0.4 is 10.1 Å². The van der Waals surface area contributed by atoms with Crippen molar-refractivity contribution in [3.63, 3.8) is 0 Å². The van der Waals surface area contributed by atoms with Crippen LogP contribution in [0.1, 0.15) is 16.0 Å². The maximum atomic E-state index is 5.75. The fourth-order valence-corrected chi connectivity index (χ4v) is 3.36. The van der Waals surface area contributed by atoms with Crippen LogP contribution in [0, 0.1) is 20.8 Å². The molecule has 0 fully saturated rings. The van der Waals surface area contributed by atoms with Crippen molar-refractivity contribution in [2.45, 2.75) is 20.8 Å². The van der Waals surface area contributed by atoms with Crippen LogP contribution in [0.3, 0.4) is 0 Å². The number of aromatic nitrogens is 2. The van der Waals surface area contributed by atoms with E-state index < -0.39 is 0 Å². The van der Waals surface area contributed by atoms with Crippen LogP contribution in [-0.4, -0.2) is 23.1 Å². The number of ether oxygens (including phenoxy) is 1. The SMILES string of the molecule is Cc1cccc(OCCNc2ncnc3sc(C)c(C)c23)c1. The highest BCUT2D eigenvalue weighted by Gasteiger charge is 2.11. The normalized spacial score (nSPS) is 10.9. The Bertz CT molecular complexity index is 798. The summed E-state index contributed by atoms with van der Waals surface area (Å²) < 4.78 is 5.75. The maximum Gasteiger partial charge on any atom is 0.138 e. The summed E-state index contributed by atoms with van der Waals surface area (Å²) in [5, 5.41) is 4.48. The lowest BCUT2D eigenvalue weighted by Gasteiger charge is -2.09. The summed E-state index contributed by atoms with van der Waals surface area (Å²) in [5.74, 6) is 1.79. The summed E-state index contributed by atoms with van der Waals surface area (Å²) in [4.78, 5) is 11.0. The van der Waals surface area contributed by atoms with E-state index in [1.165, 1.54) is 16.0 Å². The van der Waals surface area contributed by atoms with E-state index in [-0.39, 0.29) is 0 Å². The first-order chi connectivity index (χ1) is 10.6. The Morgan fingerprint density at radius 1 is 1.18 bits per heavy atom. The second-order valence-electron chi connectivity index (χ2n) is 5.28. The van der Waals surface area contributed by atoms with Crippen molar-refractivity contribution >= 4 is 27.4 Å². The van der Waals surface area contributed by atoms with Gasteiger partial charge in [0.15, 0.2) is 0 Å². The molecule has 3 aromatic rings.